The van der Waals surface area contributed by atoms with Gasteiger partial charge in [-0.15, -0.1) is 21.5 Å². The molecule has 0 saturated heterocycles. The topological polar surface area (TPSA) is 99.4 Å². The van der Waals surface area contributed by atoms with Crippen LogP contribution in [0.2, 0.25) is 0 Å². The molecule has 0 spiro atoms. The van der Waals surface area contributed by atoms with Gasteiger partial charge in [-0.3, -0.25) is 4.79 Å². The zero-order valence-electron chi connectivity index (χ0n) is 14.9. The van der Waals surface area contributed by atoms with Crippen molar-refractivity contribution < 1.29 is 18.7 Å². The van der Waals surface area contributed by atoms with Crippen LogP contribution in [0.3, 0.4) is 0 Å². The Morgan fingerprint density at radius 3 is 2.96 bits per heavy atom. The van der Waals surface area contributed by atoms with Gasteiger partial charge in [0.2, 0.25) is 24.5 Å². The maximum atomic E-state index is 12.2. The van der Waals surface area contributed by atoms with Gasteiger partial charge in [0, 0.05) is 29.5 Å². The van der Waals surface area contributed by atoms with Crippen molar-refractivity contribution in [2.75, 3.05) is 6.79 Å². The second-order valence-corrected chi connectivity index (χ2v) is 7.08. The van der Waals surface area contributed by atoms with Gasteiger partial charge in [-0.05, 0) is 32.0 Å². The second kappa shape index (κ2) is 7.36. The number of benzene rings is 1. The van der Waals surface area contributed by atoms with Crippen LogP contribution in [-0.4, -0.2) is 27.9 Å². The third kappa shape index (κ3) is 3.92. The summed E-state index contributed by atoms with van der Waals surface area (Å²) in [6, 6.07) is 5.30. The first-order valence-electron chi connectivity index (χ1n) is 8.52. The molecule has 2 aromatic heterocycles. The average molecular weight is 386 g/mol. The molecule has 9 heteroatoms. The Balaban J connectivity index is 1.33. The van der Waals surface area contributed by atoms with Gasteiger partial charge >= 0.3 is 0 Å². The van der Waals surface area contributed by atoms with Gasteiger partial charge < -0.3 is 19.2 Å². The van der Waals surface area contributed by atoms with Crippen molar-refractivity contribution in [2.45, 2.75) is 32.7 Å². The summed E-state index contributed by atoms with van der Waals surface area (Å²) in [7, 11) is 0. The van der Waals surface area contributed by atoms with E-state index in [9.17, 15) is 4.79 Å². The van der Waals surface area contributed by atoms with Crippen molar-refractivity contribution in [1.82, 2.24) is 20.5 Å². The lowest BCUT2D eigenvalue weighted by Gasteiger charge is -2.10. The third-order valence-electron chi connectivity index (χ3n) is 4.04. The van der Waals surface area contributed by atoms with Gasteiger partial charge in [-0.1, -0.05) is 0 Å². The van der Waals surface area contributed by atoms with Gasteiger partial charge in [-0.25, -0.2) is 4.98 Å². The molecule has 0 radical (unpaired) electrons. The van der Waals surface area contributed by atoms with Crippen molar-refractivity contribution in [3.63, 3.8) is 0 Å². The molecule has 3 aromatic rings. The van der Waals surface area contributed by atoms with Crippen LogP contribution in [0.15, 0.2) is 28.0 Å². The summed E-state index contributed by atoms with van der Waals surface area (Å²) in [4.78, 5) is 16.5. The van der Waals surface area contributed by atoms with Crippen molar-refractivity contribution >= 4 is 17.2 Å². The number of rotatable bonds is 6. The molecule has 0 bridgehead atoms. The summed E-state index contributed by atoms with van der Waals surface area (Å²) < 4.78 is 16.3. The van der Waals surface area contributed by atoms with E-state index in [1.165, 1.54) is 11.3 Å². The predicted octanol–water partition coefficient (Wildman–Crippen LogP) is 3.04. The van der Waals surface area contributed by atoms with Crippen LogP contribution >= 0.6 is 11.3 Å². The van der Waals surface area contributed by atoms with E-state index in [0.29, 0.717) is 29.7 Å². The van der Waals surface area contributed by atoms with Crippen LogP contribution in [0.1, 0.15) is 36.0 Å². The quantitative estimate of drug-likeness (QED) is 0.695. The smallest absolute Gasteiger partial charge is 0.247 e. The molecule has 1 amide bonds. The van der Waals surface area contributed by atoms with E-state index in [1.807, 2.05) is 25.3 Å². The summed E-state index contributed by atoms with van der Waals surface area (Å²) >= 11 is 1.54. The zero-order valence-corrected chi connectivity index (χ0v) is 15.7. The highest BCUT2D eigenvalue weighted by Crippen LogP contribution is 2.35. The highest BCUT2D eigenvalue weighted by atomic mass is 32.1. The molecule has 0 saturated carbocycles. The van der Waals surface area contributed by atoms with Crippen molar-refractivity contribution in [3.05, 3.63) is 40.2 Å². The number of nitrogens with zero attached hydrogens (tertiary/aromatic N) is 3. The Hall–Kier alpha value is -2.94. The maximum Gasteiger partial charge on any atom is 0.247 e. The molecule has 0 fully saturated rings. The molecule has 8 nitrogen and oxygen atoms in total. The second-order valence-electron chi connectivity index (χ2n) is 6.19. The number of aromatic nitrogens is 3. The lowest BCUT2D eigenvalue weighted by Crippen LogP contribution is -2.26. The standard InChI is InChI=1S/C18H18N4O4S/c1-10-8-27-18(19-10)11(2)20-15(23)5-6-16-21-22-17(26-16)12-3-4-13-14(7-12)25-9-24-13/h3-4,7-8,11H,5-6,9H2,1-2H3,(H,20,23)/t11-/m0/s1. The third-order valence-corrected chi connectivity index (χ3v) is 5.18. The molecular weight excluding hydrogens is 368 g/mol. The summed E-state index contributed by atoms with van der Waals surface area (Å²) in [5, 5.41) is 13.9. The number of fused-ring (bicyclic) bond motifs is 1. The molecule has 1 aromatic carbocycles. The van der Waals surface area contributed by atoms with Gasteiger partial charge in [0.1, 0.15) is 5.01 Å². The highest BCUT2D eigenvalue weighted by molar-refractivity contribution is 7.09. The molecule has 3 heterocycles. The lowest BCUT2D eigenvalue weighted by molar-refractivity contribution is -0.121. The Morgan fingerprint density at radius 2 is 2.15 bits per heavy atom. The number of thiazole rings is 1. The molecule has 1 N–H and O–H groups in total. The normalized spacial score (nSPS) is 13.6. The largest absolute Gasteiger partial charge is 0.454 e. The maximum absolute atomic E-state index is 12.2. The van der Waals surface area contributed by atoms with E-state index in [2.05, 4.69) is 20.5 Å². The van der Waals surface area contributed by atoms with E-state index >= 15 is 0 Å². The molecule has 1 aliphatic rings. The highest BCUT2D eigenvalue weighted by Gasteiger charge is 2.18. The van der Waals surface area contributed by atoms with E-state index in [-0.39, 0.29) is 25.2 Å². The number of amides is 1. The van der Waals surface area contributed by atoms with Crippen molar-refractivity contribution in [1.29, 1.82) is 0 Å². The summed E-state index contributed by atoms with van der Waals surface area (Å²) in [5.41, 5.74) is 1.70. The van der Waals surface area contributed by atoms with Crippen LogP contribution in [0.25, 0.3) is 11.5 Å². The minimum atomic E-state index is -0.122. The predicted molar refractivity (Wildman–Crippen MR) is 97.6 cm³/mol. The van der Waals surface area contributed by atoms with E-state index in [1.54, 1.807) is 12.1 Å². The fourth-order valence-electron chi connectivity index (χ4n) is 2.67. The summed E-state index contributed by atoms with van der Waals surface area (Å²) in [6.45, 7) is 4.06. The molecule has 4 rings (SSSR count). The first kappa shape index (κ1) is 17.5. The van der Waals surface area contributed by atoms with E-state index in [0.717, 1.165) is 16.3 Å². The Kier molecular flexibility index (Phi) is 4.76. The van der Waals surface area contributed by atoms with Crippen LogP contribution in [0.5, 0.6) is 11.5 Å². The number of aryl methyl sites for hydroxylation is 2. The molecule has 1 atom stereocenters. The number of carbonyl (C=O) groups is 1. The van der Waals surface area contributed by atoms with E-state index < -0.39 is 0 Å². The van der Waals surface area contributed by atoms with Crippen LogP contribution in [-0.2, 0) is 11.2 Å². The van der Waals surface area contributed by atoms with Crippen molar-refractivity contribution in [2.24, 2.45) is 0 Å². The van der Waals surface area contributed by atoms with Gasteiger partial charge in [0.25, 0.3) is 0 Å². The number of ether oxygens (including phenoxy) is 2. The van der Waals surface area contributed by atoms with Crippen molar-refractivity contribution in [3.8, 4) is 23.0 Å². The average Bonchev–Trinajstić information content (AvgIpc) is 3.39. The molecule has 1 aliphatic heterocycles. The van der Waals surface area contributed by atoms with Crippen LogP contribution in [0, 0.1) is 6.92 Å². The molecular formula is C18H18N4O4S. The van der Waals surface area contributed by atoms with Gasteiger partial charge in [0.15, 0.2) is 11.5 Å². The van der Waals surface area contributed by atoms with E-state index in [4.69, 9.17) is 13.9 Å². The molecule has 0 aliphatic carbocycles. The number of hydrogen-bond acceptors (Lipinski definition) is 8. The fourth-order valence-corrected chi connectivity index (χ4v) is 3.47. The Labute approximate surface area is 159 Å². The van der Waals surface area contributed by atoms with Gasteiger partial charge in [0.05, 0.1) is 6.04 Å². The number of nitrogens with one attached hydrogen (secondary N) is 1. The lowest BCUT2D eigenvalue weighted by atomic mass is 10.2. The van der Waals surface area contributed by atoms with Crippen LogP contribution in [0.4, 0.5) is 0 Å². The fraction of sp³-hybridized carbons (Fsp3) is 0.333. The van der Waals surface area contributed by atoms with Gasteiger partial charge in [-0.2, -0.15) is 0 Å². The Morgan fingerprint density at radius 1 is 1.30 bits per heavy atom. The minimum absolute atomic E-state index is 0.0850. The Bertz CT molecular complexity index is 968. The number of carbonyl (C=O) groups excluding carboxylic acids is 1. The SMILES string of the molecule is Cc1csc([C@H](C)NC(=O)CCc2nnc(-c3ccc4c(c3)OCO4)o2)n1. The molecule has 27 heavy (non-hydrogen) atoms. The molecule has 0 unspecified atom stereocenters. The minimum Gasteiger partial charge on any atom is -0.454 e. The first-order chi connectivity index (χ1) is 13.1. The summed E-state index contributed by atoms with van der Waals surface area (Å²) in [6.07, 6.45) is 0.629. The van der Waals surface area contributed by atoms with Crippen LogP contribution < -0.4 is 14.8 Å². The number of hydrogen-bond donors (Lipinski definition) is 1. The summed E-state index contributed by atoms with van der Waals surface area (Å²) in [5.74, 6) is 2.06. The monoisotopic (exact) mass is 386 g/mol. The molecule has 140 valence electrons. The first-order valence-corrected chi connectivity index (χ1v) is 9.40. The zero-order chi connectivity index (χ0) is 18.8.